The van der Waals surface area contributed by atoms with Crippen LogP contribution in [0, 0.1) is 0 Å². The Bertz CT molecular complexity index is 456. The number of aromatic nitrogens is 5. The number of fused-ring (bicyclic) bond motifs is 1. The third-order valence-electron chi connectivity index (χ3n) is 1.74. The molecule has 80 valence electrons. The first kappa shape index (κ1) is 9.74. The Hall–Kier alpha value is -1.80. The molecule has 3 N–H and O–H groups in total. The van der Waals surface area contributed by atoms with Crippen LogP contribution in [-0.4, -0.2) is 43.3 Å². The van der Waals surface area contributed by atoms with Crippen LogP contribution >= 0.6 is 0 Å². The van der Waals surface area contributed by atoms with Gasteiger partial charge in [-0.05, 0) is 0 Å². The molecule has 0 aromatic carbocycles. The van der Waals surface area contributed by atoms with E-state index in [2.05, 4.69) is 20.3 Å². The summed E-state index contributed by atoms with van der Waals surface area (Å²) < 4.78 is 6.58. The number of rotatable bonds is 4. The Balaban J connectivity index is 2.21. The van der Waals surface area contributed by atoms with Crippen molar-refractivity contribution < 1.29 is 9.84 Å². The summed E-state index contributed by atoms with van der Waals surface area (Å²) in [6, 6.07) is 0. The molecule has 0 fully saturated rings. The number of nitrogens with zero attached hydrogens (tertiary/aromatic N) is 5. The minimum Gasteiger partial charge on any atom is -0.394 e. The van der Waals surface area contributed by atoms with Gasteiger partial charge in [-0.3, -0.25) is 0 Å². The zero-order valence-corrected chi connectivity index (χ0v) is 7.87. The van der Waals surface area contributed by atoms with E-state index in [0.717, 1.165) is 0 Å². The van der Waals surface area contributed by atoms with E-state index in [0.29, 0.717) is 11.2 Å². The maximum Gasteiger partial charge on any atom is 0.222 e. The predicted octanol–water partition coefficient (Wildman–Crippen LogP) is -1.23. The Labute approximate surface area is 84.7 Å². The smallest absolute Gasteiger partial charge is 0.222 e. The first-order valence-electron chi connectivity index (χ1n) is 4.31. The first-order valence-corrected chi connectivity index (χ1v) is 4.31. The van der Waals surface area contributed by atoms with Crippen molar-refractivity contribution in [3.63, 3.8) is 0 Å². The molecular weight excluding hydrogens is 200 g/mol. The third-order valence-corrected chi connectivity index (χ3v) is 1.74. The second-order valence-corrected chi connectivity index (χ2v) is 2.79. The number of anilines is 1. The van der Waals surface area contributed by atoms with Gasteiger partial charge < -0.3 is 15.6 Å². The quantitative estimate of drug-likeness (QED) is 0.607. The van der Waals surface area contributed by atoms with Crippen LogP contribution in [0.2, 0.25) is 0 Å². The molecule has 0 atom stereocenters. The molecule has 8 heteroatoms. The summed E-state index contributed by atoms with van der Waals surface area (Å²) >= 11 is 0. The Morgan fingerprint density at radius 3 is 3.20 bits per heavy atom. The Morgan fingerprint density at radius 1 is 1.53 bits per heavy atom. The molecule has 0 aliphatic heterocycles. The van der Waals surface area contributed by atoms with Crippen molar-refractivity contribution in [1.82, 2.24) is 25.0 Å². The zero-order chi connectivity index (χ0) is 10.7. The van der Waals surface area contributed by atoms with Gasteiger partial charge in [0, 0.05) is 0 Å². The lowest BCUT2D eigenvalue weighted by Crippen LogP contribution is -2.07. The van der Waals surface area contributed by atoms with Gasteiger partial charge in [-0.1, -0.05) is 5.21 Å². The van der Waals surface area contributed by atoms with Crippen LogP contribution < -0.4 is 5.73 Å². The summed E-state index contributed by atoms with van der Waals surface area (Å²) in [5, 5.41) is 16.1. The van der Waals surface area contributed by atoms with Gasteiger partial charge in [0.2, 0.25) is 11.6 Å². The van der Waals surface area contributed by atoms with Crippen LogP contribution in [0.3, 0.4) is 0 Å². The number of hydrogen-bond donors (Lipinski definition) is 2. The summed E-state index contributed by atoms with van der Waals surface area (Å²) in [5.41, 5.74) is 6.46. The minimum atomic E-state index is -0.0317. The summed E-state index contributed by atoms with van der Waals surface area (Å²) in [6.45, 7) is 0.414. The van der Waals surface area contributed by atoms with Crippen molar-refractivity contribution in [2.24, 2.45) is 0 Å². The summed E-state index contributed by atoms with van der Waals surface area (Å²) in [7, 11) is 0. The van der Waals surface area contributed by atoms with E-state index >= 15 is 0 Å². The van der Waals surface area contributed by atoms with Crippen LogP contribution in [0.5, 0.6) is 0 Å². The summed E-state index contributed by atoms with van der Waals surface area (Å²) in [4.78, 5) is 7.72. The van der Waals surface area contributed by atoms with Crippen LogP contribution in [0.15, 0.2) is 6.20 Å². The number of aliphatic hydroxyl groups is 1. The van der Waals surface area contributed by atoms with Crippen LogP contribution in [0.1, 0.15) is 0 Å². The largest absolute Gasteiger partial charge is 0.394 e. The number of hydrogen-bond acceptors (Lipinski definition) is 7. The van der Waals surface area contributed by atoms with Crippen molar-refractivity contribution >= 4 is 17.1 Å². The first-order chi connectivity index (χ1) is 7.31. The van der Waals surface area contributed by atoms with Gasteiger partial charge in [-0.15, -0.1) is 5.10 Å². The fourth-order valence-electron chi connectivity index (χ4n) is 1.09. The molecule has 0 unspecified atom stereocenters. The average molecular weight is 210 g/mol. The number of ether oxygens (including phenoxy) is 1. The lowest BCUT2D eigenvalue weighted by molar-refractivity contribution is 0.0432. The van der Waals surface area contributed by atoms with E-state index in [1.807, 2.05) is 0 Å². The number of aliphatic hydroxyl groups excluding tert-OH is 1. The molecule has 0 amide bonds. The Kier molecular flexibility index (Phi) is 2.70. The molecule has 15 heavy (non-hydrogen) atoms. The van der Waals surface area contributed by atoms with E-state index in [-0.39, 0.29) is 25.9 Å². The van der Waals surface area contributed by atoms with E-state index in [1.165, 1.54) is 10.9 Å². The molecule has 2 heterocycles. The van der Waals surface area contributed by atoms with Crippen LogP contribution in [0.25, 0.3) is 11.2 Å². The second kappa shape index (κ2) is 4.15. The van der Waals surface area contributed by atoms with Gasteiger partial charge in [0.25, 0.3) is 0 Å². The monoisotopic (exact) mass is 210 g/mol. The van der Waals surface area contributed by atoms with Crippen molar-refractivity contribution in [2.75, 3.05) is 18.9 Å². The van der Waals surface area contributed by atoms with Crippen molar-refractivity contribution in [3.8, 4) is 0 Å². The molecule has 2 aromatic heterocycles. The highest BCUT2D eigenvalue weighted by Gasteiger charge is 2.06. The Morgan fingerprint density at radius 2 is 2.40 bits per heavy atom. The maximum absolute atomic E-state index is 8.53. The highest BCUT2D eigenvalue weighted by atomic mass is 16.5. The molecule has 0 saturated carbocycles. The average Bonchev–Trinajstić information content (AvgIpc) is 2.61. The fourth-order valence-corrected chi connectivity index (χ4v) is 1.09. The predicted molar refractivity (Wildman–Crippen MR) is 50.6 cm³/mol. The lowest BCUT2D eigenvalue weighted by atomic mass is 10.5. The highest BCUT2D eigenvalue weighted by molar-refractivity contribution is 5.69. The van der Waals surface area contributed by atoms with Gasteiger partial charge >= 0.3 is 0 Å². The summed E-state index contributed by atoms with van der Waals surface area (Å²) in [6.07, 6.45) is 1.53. The van der Waals surface area contributed by atoms with Gasteiger partial charge in [0.05, 0.1) is 19.4 Å². The molecule has 0 saturated heterocycles. The number of nitrogens with two attached hydrogens (primary N) is 1. The normalized spacial score (nSPS) is 11.0. The molecule has 0 spiro atoms. The molecule has 0 aliphatic rings. The van der Waals surface area contributed by atoms with Gasteiger partial charge in [0.1, 0.15) is 12.2 Å². The standard InChI is InChI=1S/C7H10N6O2/c8-7-9-3-5-6(10-7)11-12-13(5)4-15-2-1-14/h3,14H,1-2,4H2,(H2,8,9,10). The second-order valence-electron chi connectivity index (χ2n) is 2.79. The third kappa shape index (κ3) is 2.00. The van der Waals surface area contributed by atoms with Gasteiger partial charge in [-0.25, -0.2) is 9.67 Å². The van der Waals surface area contributed by atoms with Gasteiger partial charge in [-0.2, -0.15) is 4.98 Å². The maximum atomic E-state index is 8.53. The topological polar surface area (TPSA) is 112 Å². The molecule has 0 bridgehead atoms. The van der Waals surface area contributed by atoms with Crippen molar-refractivity contribution in [1.29, 1.82) is 0 Å². The van der Waals surface area contributed by atoms with Gasteiger partial charge in [0.15, 0.2) is 0 Å². The molecule has 2 aromatic rings. The SMILES string of the molecule is Nc1ncc2c(nnn2COCCO)n1. The number of nitrogen functional groups attached to an aromatic ring is 1. The van der Waals surface area contributed by atoms with E-state index in [1.54, 1.807) is 0 Å². The fraction of sp³-hybridized carbons (Fsp3) is 0.429. The minimum absolute atomic E-state index is 0.0317. The molecule has 0 aliphatic carbocycles. The van der Waals surface area contributed by atoms with E-state index < -0.39 is 0 Å². The van der Waals surface area contributed by atoms with Crippen molar-refractivity contribution in [2.45, 2.75) is 6.73 Å². The molecule has 0 radical (unpaired) electrons. The summed E-state index contributed by atoms with van der Waals surface area (Å²) in [5.74, 6) is 0.158. The van der Waals surface area contributed by atoms with E-state index in [4.69, 9.17) is 15.6 Å². The van der Waals surface area contributed by atoms with Crippen LogP contribution in [-0.2, 0) is 11.5 Å². The highest BCUT2D eigenvalue weighted by Crippen LogP contribution is 2.07. The van der Waals surface area contributed by atoms with E-state index in [9.17, 15) is 0 Å². The molecule has 8 nitrogen and oxygen atoms in total. The molecule has 2 rings (SSSR count). The lowest BCUT2D eigenvalue weighted by Gasteiger charge is -2.01. The van der Waals surface area contributed by atoms with Crippen molar-refractivity contribution in [3.05, 3.63) is 6.20 Å². The van der Waals surface area contributed by atoms with Crippen LogP contribution in [0.4, 0.5) is 5.95 Å². The molecular formula is C7H10N6O2. The zero-order valence-electron chi connectivity index (χ0n) is 7.87.